The first kappa shape index (κ1) is 25.2. The van der Waals surface area contributed by atoms with Crippen LogP contribution in [0.5, 0.6) is 11.5 Å². The molecule has 1 aliphatic rings. The summed E-state index contributed by atoms with van der Waals surface area (Å²) in [5.41, 5.74) is 5.03. The van der Waals surface area contributed by atoms with Gasteiger partial charge in [0.15, 0.2) is 0 Å². The molecular formula is C28H31N3O5. The maximum atomic E-state index is 11.7. The Labute approximate surface area is 210 Å². The highest BCUT2D eigenvalue weighted by Crippen LogP contribution is 2.35. The summed E-state index contributed by atoms with van der Waals surface area (Å²) in [5.74, 6) is 0.395. The maximum absolute atomic E-state index is 11.7. The van der Waals surface area contributed by atoms with Gasteiger partial charge in [-0.25, -0.2) is 4.79 Å². The number of ether oxygens (including phenoxy) is 1. The summed E-state index contributed by atoms with van der Waals surface area (Å²) < 4.78 is 6.16. The van der Waals surface area contributed by atoms with Crippen LogP contribution in [0.25, 0.3) is 0 Å². The van der Waals surface area contributed by atoms with Gasteiger partial charge in [-0.3, -0.25) is 15.0 Å². The van der Waals surface area contributed by atoms with Gasteiger partial charge in [-0.15, -0.1) is 0 Å². The molecule has 3 aromatic rings. The van der Waals surface area contributed by atoms with E-state index < -0.39 is 5.97 Å². The first-order valence-corrected chi connectivity index (χ1v) is 12.0. The van der Waals surface area contributed by atoms with E-state index in [0.717, 1.165) is 60.5 Å². The zero-order valence-electron chi connectivity index (χ0n) is 20.8. The summed E-state index contributed by atoms with van der Waals surface area (Å²) in [6, 6.07) is 16.0. The van der Waals surface area contributed by atoms with Crippen LogP contribution in [-0.2, 0) is 6.54 Å². The van der Waals surface area contributed by atoms with Crippen molar-refractivity contribution in [2.45, 2.75) is 46.2 Å². The number of carbonyl (C=O) groups is 1. The molecule has 0 saturated carbocycles. The largest absolute Gasteiger partial charge is 0.478 e. The van der Waals surface area contributed by atoms with E-state index in [2.05, 4.69) is 22.3 Å². The van der Waals surface area contributed by atoms with Crippen LogP contribution in [-0.4, -0.2) is 40.0 Å². The van der Waals surface area contributed by atoms with E-state index in [1.165, 1.54) is 6.07 Å². The second-order valence-corrected chi connectivity index (χ2v) is 9.46. The molecule has 3 aromatic carbocycles. The smallest absolute Gasteiger partial charge is 0.335 e. The van der Waals surface area contributed by atoms with Crippen LogP contribution in [0.4, 0.5) is 11.4 Å². The molecule has 36 heavy (non-hydrogen) atoms. The topological polar surface area (TPSA) is 105 Å². The van der Waals surface area contributed by atoms with Crippen LogP contribution in [0.15, 0.2) is 54.6 Å². The molecule has 0 atom stereocenters. The van der Waals surface area contributed by atoms with Crippen molar-refractivity contribution in [3.63, 3.8) is 0 Å². The lowest BCUT2D eigenvalue weighted by molar-refractivity contribution is -0.384. The monoisotopic (exact) mass is 489 g/mol. The summed E-state index contributed by atoms with van der Waals surface area (Å²) in [6.45, 7) is 8.44. The lowest BCUT2D eigenvalue weighted by Crippen LogP contribution is -2.38. The van der Waals surface area contributed by atoms with Gasteiger partial charge in [-0.05, 0) is 68.5 Å². The third-order valence-electron chi connectivity index (χ3n) is 6.54. The number of carboxylic acids is 1. The SMILES string of the molecule is Cc1cc(C)c(Oc2ccc([N+](=O)[O-])c(NC3CCN(Cc4ccc(C(=O)O)cc4)CC3)c2)c(C)c1. The van der Waals surface area contributed by atoms with Gasteiger partial charge >= 0.3 is 5.97 Å². The Bertz CT molecular complexity index is 1240. The third-order valence-corrected chi connectivity index (χ3v) is 6.54. The van der Waals surface area contributed by atoms with E-state index in [4.69, 9.17) is 9.84 Å². The Balaban J connectivity index is 1.41. The number of nitro groups is 1. The van der Waals surface area contributed by atoms with Crippen molar-refractivity contribution < 1.29 is 19.6 Å². The molecule has 8 nitrogen and oxygen atoms in total. The normalized spacial score (nSPS) is 14.4. The maximum Gasteiger partial charge on any atom is 0.335 e. The van der Waals surface area contributed by atoms with Gasteiger partial charge in [0.25, 0.3) is 5.69 Å². The number of hydrogen-bond donors (Lipinski definition) is 2. The van der Waals surface area contributed by atoms with Crippen molar-refractivity contribution in [3.8, 4) is 11.5 Å². The van der Waals surface area contributed by atoms with Gasteiger partial charge in [-0.1, -0.05) is 29.8 Å². The first-order chi connectivity index (χ1) is 17.2. The summed E-state index contributed by atoms with van der Waals surface area (Å²) in [7, 11) is 0. The predicted octanol–water partition coefficient (Wildman–Crippen LogP) is 6.09. The molecule has 8 heteroatoms. The van der Waals surface area contributed by atoms with E-state index >= 15 is 0 Å². The molecule has 4 rings (SSSR count). The van der Waals surface area contributed by atoms with E-state index in [9.17, 15) is 14.9 Å². The van der Waals surface area contributed by atoms with Gasteiger partial charge in [0.1, 0.15) is 17.2 Å². The summed E-state index contributed by atoms with van der Waals surface area (Å²) in [5, 5.41) is 24.1. The molecule has 0 spiro atoms. The van der Waals surface area contributed by atoms with Crippen LogP contribution < -0.4 is 10.1 Å². The Kier molecular flexibility index (Phi) is 7.55. The van der Waals surface area contributed by atoms with Crippen LogP contribution in [0, 0.1) is 30.9 Å². The number of anilines is 1. The second kappa shape index (κ2) is 10.8. The highest BCUT2D eigenvalue weighted by atomic mass is 16.6. The van der Waals surface area contributed by atoms with Gasteiger partial charge in [0, 0.05) is 37.8 Å². The number of nitrogens with one attached hydrogen (secondary N) is 1. The van der Waals surface area contributed by atoms with Crippen molar-refractivity contribution in [1.29, 1.82) is 0 Å². The molecule has 188 valence electrons. The number of piperidine rings is 1. The first-order valence-electron chi connectivity index (χ1n) is 12.0. The third kappa shape index (κ3) is 6.01. The quantitative estimate of drug-likeness (QED) is 0.291. The molecule has 0 bridgehead atoms. The minimum absolute atomic E-state index is 0.0284. The number of aromatic carboxylic acids is 1. The molecule has 1 heterocycles. The van der Waals surface area contributed by atoms with Gasteiger partial charge < -0.3 is 15.2 Å². The van der Waals surface area contributed by atoms with Gasteiger partial charge in [0.2, 0.25) is 0 Å². The lowest BCUT2D eigenvalue weighted by atomic mass is 10.0. The number of likely N-dealkylation sites (tertiary alicyclic amines) is 1. The van der Waals surface area contributed by atoms with Crippen molar-refractivity contribution in [3.05, 3.63) is 92.5 Å². The van der Waals surface area contributed by atoms with E-state index in [1.54, 1.807) is 24.3 Å². The molecule has 2 N–H and O–H groups in total. The molecular weight excluding hydrogens is 458 g/mol. The molecule has 1 aliphatic heterocycles. The number of benzene rings is 3. The molecule has 0 amide bonds. The van der Waals surface area contributed by atoms with Crippen molar-refractivity contribution >= 4 is 17.3 Å². The number of nitro benzene ring substituents is 1. The van der Waals surface area contributed by atoms with Gasteiger partial charge in [-0.2, -0.15) is 0 Å². The molecule has 0 aromatic heterocycles. The number of rotatable bonds is 8. The van der Waals surface area contributed by atoms with E-state index in [1.807, 2.05) is 32.9 Å². The molecule has 0 unspecified atom stereocenters. The van der Waals surface area contributed by atoms with Crippen molar-refractivity contribution in [2.75, 3.05) is 18.4 Å². The fourth-order valence-electron chi connectivity index (χ4n) is 4.77. The van der Waals surface area contributed by atoms with E-state index in [0.29, 0.717) is 11.4 Å². The number of hydrogen-bond acceptors (Lipinski definition) is 6. The van der Waals surface area contributed by atoms with Crippen LogP contribution >= 0.6 is 0 Å². The molecule has 1 fully saturated rings. The number of nitrogens with zero attached hydrogens (tertiary/aromatic N) is 2. The average Bonchev–Trinajstić information content (AvgIpc) is 2.83. The fraction of sp³-hybridized carbons (Fsp3) is 0.321. The highest BCUT2D eigenvalue weighted by Gasteiger charge is 2.23. The zero-order valence-corrected chi connectivity index (χ0v) is 20.8. The van der Waals surface area contributed by atoms with Crippen LogP contribution in [0.3, 0.4) is 0 Å². The van der Waals surface area contributed by atoms with Crippen molar-refractivity contribution in [1.82, 2.24) is 4.90 Å². The minimum Gasteiger partial charge on any atom is -0.478 e. The minimum atomic E-state index is -0.930. The highest BCUT2D eigenvalue weighted by molar-refractivity contribution is 5.87. The predicted molar refractivity (Wildman–Crippen MR) is 139 cm³/mol. The molecule has 0 aliphatic carbocycles. The Morgan fingerprint density at radius 3 is 2.28 bits per heavy atom. The number of aryl methyl sites for hydroxylation is 3. The summed E-state index contributed by atoms with van der Waals surface area (Å²) in [4.78, 5) is 24.7. The molecule has 1 saturated heterocycles. The Morgan fingerprint density at radius 1 is 1.06 bits per heavy atom. The lowest BCUT2D eigenvalue weighted by Gasteiger charge is -2.32. The average molecular weight is 490 g/mol. The molecule has 0 radical (unpaired) electrons. The Morgan fingerprint density at radius 2 is 1.69 bits per heavy atom. The summed E-state index contributed by atoms with van der Waals surface area (Å²) >= 11 is 0. The standard InChI is InChI=1S/C28H31N3O5/c1-18-14-19(2)27(20(3)15-18)36-24-8-9-26(31(34)35)25(16-24)29-23-10-12-30(13-11-23)17-21-4-6-22(7-5-21)28(32)33/h4-9,14-16,23,29H,10-13,17H2,1-3H3,(H,32,33). The van der Waals surface area contributed by atoms with Crippen LogP contribution in [0.2, 0.25) is 0 Å². The van der Waals surface area contributed by atoms with Crippen LogP contribution in [0.1, 0.15) is 45.5 Å². The van der Waals surface area contributed by atoms with Gasteiger partial charge in [0.05, 0.1) is 10.5 Å². The fourth-order valence-corrected chi connectivity index (χ4v) is 4.77. The summed E-state index contributed by atoms with van der Waals surface area (Å²) in [6.07, 6.45) is 1.68. The van der Waals surface area contributed by atoms with E-state index in [-0.39, 0.29) is 22.2 Å². The second-order valence-electron chi connectivity index (χ2n) is 9.46. The Hall–Kier alpha value is -3.91. The zero-order chi connectivity index (χ0) is 25.8. The van der Waals surface area contributed by atoms with Crippen molar-refractivity contribution in [2.24, 2.45) is 0 Å². The number of carboxylic acid groups (broad SMARTS) is 1.